The average Bonchev–Trinajstić information content (AvgIpc) is 2.68. The lowest BCUT2D eigenvalue weighted by atomic mass is 10.0. The van der Waals surface area contributed by atoms with E-state index in [1.54, 1.807) is 11.3 Å². The number of nitrogens with two attached hydrogens (primary N) is 1. The van der Waals surface area contributed by atoms with Crippen LogP contribution in [0.1, 0.15) is 27.9 Å². The molecule has 0 amide bonds. The molecule has 0 spiro atoms. The molecular formula is C13H15BrN2S. The highest BCUT2D eigenvalue weighted by Gasteiger charge is 2.10. The highest BCUT2D eigenvalue weighted by Crippen LogP contribution is 2.22. The lowest BCUT2D eigenvalue weighted by molar-refractivity contribution is 0.708. The number of benzene rings is 1. The van der Waals surface area contributed by atoms with Crippen molar-refractivity contribution in [1.29, 1.82) is 0 Å². The lowest BCUT2D eigenvalue weighted by Crippen LogP contribution is -2.13. The molecule has 0 aliphatic rings. The summed E-state index contributed by atoms with van der Waals surface area (Å²) < 4.78 is 1.12. The van der Waals surface area contributed by atoms with E-state index in [2.05, 4.69) is 51.4 Å². The van der Waals surface area contributed by atoms with Crippen LogP contribution in [-0.2, 0) is 6.42 Å². The summed E-state index contributed by atoms with van der Waals surface area (Å²) in [5, 5.41) is 3.18. The van der Waals surface area contributed by atoms with Gasteiger partial charge in [0.2, 0.25) is 0 Å². The van der Waals surface area contributed by atoms with Gasteiger partial charge < -0.3 is 5.73 Å². The summed E-state index contributed by atoms with van der Waals surface area (Å²) in [5.41, 5.74) is 9.67. The van der Waals surface area contributed by atoms with E-state index in [1.165, 1.54) is 5.56 Å². The highest BCUT2D eigenvalue weighted by atomic mass is 79.9. The van der Waals surface area contributed by atoms with Crippen molar-refractivity contribution in [3.8, 4) is 0 Å². The van der Waals surface area contributed by atoms with E-state index in [0.717, 1.165) is 27.2 Å². The first kappa shape index (κ1) is 12.7. The molecule has 1 unspecified atom stereocenters. The quantitative estimate of drug-likeness (QED) is 0.937. The second-order valence-electron chi connectivity index (χ2n) is 4.18. The normalized spacial score (nSPS) is 12.7. The van der Waals surface area contributed by atoms with Gasteiger partial charge in [0.05, 0.1) is 10.7 Å². The minimum Gasteiger partial charge on any atom is -0.324 e. The third kappa shape index (κ3) is 3.15. The van der Waals surface area contributed by atoms with Gasteiger partial charge in [-0.1, -0.05) is 28.1 Å². The molecule has 0 fully saturated rings. The van der Waals surface area contributed by atoms with Crippen molar-refractivity contribution in [2.75, 3.05) is 0 Å². The number of aromatic nitrogens is 1. The minimum absolute atomic E-state index is 0.0169. The molecule has 4 heteroatoms. The molecule has 90 valence electrons. The fourth-order valence-electron chi connectivity index (χ4n) is 1.74. The number of nitrogens with zero attached hydrogens (tertiary/aromatic N) is 1. The number of hydrogen-bond acceptors (Lipinski definition) is 3. The summed E-state index contributed by atoms with van der Waals surface area (Å²) in [6.45, 7) is 4.09. The van der Waals surface area contributed by atoms with Crippen LogP contribution in [0.3, 0.4) is 0 Å². The third-order valence-corrected chi connectivity index (χ3v) is 4.42. The van der Waals surface area contributed by atoms with E-state index in [-0.39, 0.29) is 6.04 Å². The Labute approximate surface area is 114 Å². The zero-order valence-electron chi connectivity index (χ0n) is 9.90. The summed E-state index contributed by atoms with van der Waals surface area (Å²) in [6, 6.07) is 6.27. The Balaban J connectivity index is 2.14. The van der Waals surface area contributed by atoms with E-state index >= 15 is 0 Å². The summed E-state index contributed by atoms with van der Waals surface area (Å²) >= 11 is 5.17. The molecule has 2 N–H and O–H groups in total. The predicted octanol–water partition coefficient (Wildman–Crippen LogP) is 3.76. The van der Waals surface area contributed by atoms with Crippen molar-refractivity contribution in [2.45, 2.75) is 26.3 Å². The molecule has 0 saturated heterocycles. The summed E-state index contributed by atoms with van der Waals surface area (Å²) in [4.78, 5) is 4.45. The van der Waals surface area contributed by atoms with Gasteiger partial charge >= 0.3 is 0 Å². The Morgan fingerprint density at radius 1 is 1.41 bits per heavy atom. The predicted molar refractivity (Wildman–Crippen MR) is 76.4 cm³/mol. The van der Waals surface area contributed by atoms with Crippen LogP contribution in [0.4, 0.5) is 0 Å². The van der Waals surface area contributed by atoms with Crippen molar-refractivity contribution in [1.82, 2.24) is 4.98 Å². The number of rotatable bonds is 3. The molecule has 0 saturated carbocycles. The van der Waals surface area contributed by atoms with Crippen LogP contribution in [-0.4, -0.2) is 4.98 Å². The Bertz CT molecular complexity index is 522. The first-order valence-corrected chi connectivity index (χ1v) is 7.16. The largest absolute Gasteiger partial charge is 0.324 e. The Kier molecular flexibility index (Phi) is 3.97. The van der Waals surface area contributed by atoms with Crippen LogP contribution in [0, 0.1) is 13.8 Å². The first-order valence-electron chi connectivity index (χ1n) is 5.49. The van der Waals surface area contributed by atoms with Gasteiger partial charge in [0.15, 0.2) is 0 Å². The minimum atomic E-state index is 0.0169. The van der Waals surface area contributed by atoms with Crippen LogP contribution in [0.15, 0.2) is 28.1 Å². The van der Waals surface area contributed by atoms with Gasteiger partial charge in [-0.25, -0.2) is 4.98 Å². The average molecular weight is 311 g/mol. The molecular weight excluding hydrogens is 296 g/mol. The molecule has 1 aromatic heterocycles. The van der Waals surface area contributed by atoms with E-state index in [9.17, 15) is 0 Å². The van der Waals surface area contributed by atoms with Gasteiger partial charge in [-0.2, -0.15) is 0 Å². The maximum Gasteiger partial charge on any atom is 0.0897 e. The second-order valence-corrected chi connectivity index (χ2v) is 6.09. The molecule has 2 rings (SSSR count). The molecule has 17 heavy (non-hydrogen) atoms. The zero-order valence-corrected chi connectivity index (χ0v) is 12.3. The maximum absolute atomic E-state index is 6.20. The van der Waals surface area contributed by atoms with Crippen LogP contribution < -0.4 is 5.73 Å². The summed E-state index contributed by atoms with van der Waals surface area (Å²) in [5.74, 6) is 0. The van der Waals surface area contributed by atoms with Gasteiger partial charge in [0.25, 0.3) is 0 Å². The van der Waals surface area contributed by atoms with Crippen LogP contribution in [0.5, 0.6) is 0 Å². The molecule has 0 aliphatic heterocycles. The smallest absolute Gasteiger partial charge is 0.0897 e. The van der Waals surface area contributed by atoms with Gasteiger partial charge in [-0.05, 0) is 31.0 Å². The Morgan fingerprint density at radius 3 is 2.76 bits per heavy atom. The summed E-state index contributed by atoms with van der Waals surface area (Å²) in [7, 11) is 0. The Morgan fingerprint density at radius 2 is 2.18 bits per heavy atom. The lowest BCUT2D eigenvalue weighted by Gasteiger charge is -2.12. The van der Waals surface area contributed by atoms with Gasteiger partial charge in [-0.15, -0.1) is 11.3 Å². The number of halogens is 1. The van der Waals surface area contributed by atoms with E-state index in [4.69, 9.17) is 5.73 Å². The number of hydrogen-bond donors (Lipinski definition) is 1. The van der Waals surface area contributed by atoms with Crippen molar-refractivity contribution in [3.05, 3.63) is 49.9 Å². The van der Waals surface area contributed by atoms with Crippen molar-refractivity contribution >= 4 is 27.3 Å². The monoisotopic (exact) mass is 310 g/mol. The topological polar surface area (TPSA) is 38.9 Å². The Hall–Kier alpha value is -0.710. The molecule has 1 heterocycles. The van der Waals surface area contributed by atoms with Crippen molar-refractivity contribution in [2.24, 2.45) is 5.73 Å². The zero-order chi connectivity index (χ0) is 12.4. The van der Waals surface area contributed by atoms with Crippen molar-refractivity contribution in [3.63, 3.8) is 0 Å². The SMILES string of the molecule is Cc1nc(CC(N)c2ccc(Br)c(C)c2)cs1. The first-order chi connectivity index (χ1) is 8.06. The maximum atomic E-state index is 6.20. The van der Waals surface area contributed by atoms with Gasteiger partial charge in [0, 0.05) is 22.3 Å². The van der Waals surface area contributed by atoms with Crippen LogP contribution in [0.25, 0.3) is 0 Å². The van der Waals surface area contributed by atoms with E-state index < -0.39 is 0 Å². The van der Waals surface area contributed by atoms with Crippen molar-refractivity contribution < 1.29 is 0 Å². The summed E-state index contributed by atoms with van der Waals surface area (Å²) in [6.07, 6.45) is 0.797. The standard InChI is InChI=1S/C13H15BrN2S/c1-8-5-10(3-4-12(8)14)13(15)6-11-7-17-9(2)16-11/h3-5,7,13H,6,15H2,1-2H3. The molecule has 1 aromatic carbocycles. The molecule has 0 aliphatic carbocycles. The van der Waals surface area contributed by atoms with E-state index in [0.29, 0.717) is 0 Å². The van der Waals surface area contributed by atoms with Gasteiger partial charge in [-0.3, -0.25) is 0 Å². The van der Waals surface area contributed by atoms with Crippen LogP contribution in [0.2, 0.25) is 0 Å². The van der Waals surface area contributed by atoms with Gasteiger partial charge in [0.1, 0.15) is 0 Å². The fraction of sp³-hybridized carbons (Fsp3) is 0.308. The molecule has 2 aromatic rings. The third-order valence-electron chi connectivity index (χ3n) is 2.71. The number of thiazole rings is 1. The number of aryl methyl sites for hydroxylation is 2. The molecule has 0 radical (unpaired) electrons. The second kappa shape index (κ2) is 5.29. The highest BCUT2D eigenvalue weighted by molar-refractivity contribution is 9.10. The fourth-order valence-corrected chi connectivity index (χ4v) is 2.62. The van der Waals surface area contributed by atoms with Crippen LogP contribution >= 0.6 is 27.3 Å². The van der Waals surface area contributed by atoms with E-state index in [1.807, 2.05) is 6.92 Å². The molecule has 1 atom stereocenters. The molecule has 2 nitrogen and oxygen atoms in total. The molecule has 0 bridgehead atoms.